The van der Waals surface area contributed by atoms with Gasteiger partial charge in [-0.3, -0.25) is 0 Å². The Hall–Kier alpha value is -1.59. The van der Waals surface area contributed by atoms with Crippen LogP contribution in [0.25, 0.3) is 0 Å². The summed E-state index contributed by atoms with van der Waals surface area (Å²) < 4.78 is 18.7. The van der Waals surface area contributed by atoms with E-state index in [1.54, 1.807) is 24.3 Å². The molecule has 2 aromatic carbocycles. The highest BCUT2D eigenvalue weighted by molar-refractivity contribution is 9.10. The van der Waals surface area contributed by atoms with Crippen LogP contribution in [0, 0.1) is 5.82 Å². The number of ether oxygens (including phenoxy) is 1. The average molecular weight is 359 g/mol. The maximum Gasteiger partial charge on any atom is 0.342 e. The van der Waals surface area contributed by atoms with Crippen LogP contribution in [0.15, 0.2) is 40.9 Å². The van der Waals surface area contributed by atoms with Gasteiger partial charge in [0.1, 0.15) is 18.0 Å². The number of benzene rings is 2. The molecule has 2 aromatic rings. The maximum atomic E-state index is 13.3. The number of carbonyl (C=O) groups excluding carboxylic acids is 1. The third-order valence-corrected chi connectivity index (χ3v) is 3.84. The zero-order valence-electron chi connectivity index (χ0n) is 10.2. The zero-order chi connectivity index (χ0) is 14.7. The summed E-state index contributed by atoms with van der Waals surface area (Å²) >= 11 is 9.01. The van der Waals surface area contributed by atoms with Crippen molar-refractivity contribution in [1.29, 1.82) is 0 Å². The molecule has 0 amide bonds. The van der Waals surface area contributed by atoms with Crippen molar-refractivity contribution in [3.05, 3.63) is 62.8 Å². The van der Waals surface area contributed by atoms with Crippen LogP contribution >= 0.6 is 27.5 Å². The molecule has 3 nitrogen and oxygen atoms in total. The molecule has 0 fully saturated rings. The quantitative estimate of drug-likeness (QED) is 0.661. The van der Waals surface area contributed by atoms with E-state index >= 15 is 0 Å². The lowest BCUT2D eigenvalue weighted by Gasteiger charge is -2.09. The van der Waals surface area contributed by atoms with Gasteiger partial charge in [-0.1, -0.05) is 29.8 Å². The van der Waals surface area contributed by atoms with Crippen LogP contribution in [0.2, 0.25) is 5.02 Å². The van der Waals surface area contributed by atoms with E-state index in [9.17, 15) is 9.18 Å². The first-order valence-corrected chi connectivity index (χ1v) is 6.82. The number of carbonyl (C=O) groups is 1. The van der Waals surface area contributed by atoms with Crippen LogP contribution in [-0.4, -0.2) is 5.97 Å². The van der Waals surface area contributed by atoms with Crippen molar-refractivity contribution in [1.82, 2.24) is 0 Å². The molecule has 2 rings (SSSR count). The number of nitrogens with two attached hydrogens (primary N) is 1. The number of halogens is 3. The molecule has 0 saturated carbocycles. The SMILES string of the molecule is Nc1cccc(Cl)c1C(=O)OCc1cccc(F)c1Br. The molecule has 0 atom stereocenters. The highest BCUT2D eigenvalue weighted by Crippen LogP contribution is 2.25. The summed E-state index contributed by atoms with van der Waals surface area (Å²) in [5, 5.41) is 0.216. The first-order valence-electron chi connectivity index (χ1n) is 5.64. The van der Waals surface area contributed by atoms with Crippen LogP contribution in [-0.2, 0) is 11.3 Å². The monoisotopic (exact) mass is 357 g/mol. The number of hydrogen-bond acceptors (Lipinski definition) is 3. The number of esters is 1. The summed E-state index contributed by atoms with van der Waals surface area (Å²) in [5.41, 5.74) is 6.56. The van der Waals surface area contributed by atoms with E-state index < -0.39 is 11.8 Å². The van der Waals surface area contributed by atoms with Gasteiger partial charge < -0.3 is 10.5 Å². The molecule has 0 spiro atoms. The minimum atomic E-state index is -0.649. The van der Waals surface area contributed by atoms with Crippen LogP contribution < -0.4 is 5.73 Å². The molecule has 0 saturated heterocycles. The van der Waals surface area contributed by atoms with E-state index in [-0.39, 0.29) is 27.4 Å². The lowest BCUT2D eigenvalue weighted by Crippen LogP contribution is -2.09. The summed E-state index contributed by atoms with van der Waals surface area (Å²) in [6.07, 6.45) is 0. The van der Waals surface area contributed by atoms with Crippen LogP contribution in [0.5, 0.6) is 0 Å². The topological polar surface area (TPSA) is 52.3 Å². The molecule has 104 valence electrons. The van der Waals surface area contributed by atoms with E-state index in [2.05, 4.69) is 15.9 Å². The maximum absolute atomic E-state index is 13.3. The zero-order valence-corrected chi connectivity index (χ0v) is 12.5. The van der Waals surface area contributed by atoms with Crippen molar-refractivity contribution in [2.24, 2.45) is 0 Å². The predicted molar refractivity (Wildman–Crippen MR) is 79.1 cm³/mol. The minimum absolute atomic E-state index is 0.0815. The molecule has 20 heavy (non-hydrogen) atoms. The molecule has 6 heteroatoms. The van der Waals surface area contributed by atoms with Crippen molar-refractivity contribution < 1.29 is 13.9 Å². The summed E-state index contributed by atoms with van der Waals surface area (Å²) in [6, 6.07) is 9.23. The van der Waals surface area contributed by atoms with E-state index in [1.165, 1.54) is 12.1 Å². The van der Waals surface area contributed by atoms with Gasteiger partial charge in [-0.25, -0.2) is 9.18 Å². The third-order valence-electron chi connectivity index (χ3n) is 2.64. The minimum Gasteiger partial charge on any atom is -0.457 e. The van der Waals surface area contributed by atoms with Gasteiger partial charge in [0.15, 0.2) is 0 Å². The summed E-state index contributed by atoms with van der Waals surface area (Å²) in [4.78, 5) is 12.0. The first kappa shape index (κ1) is 14.8. The second-order valence-electron chi connectivity index (χ2n) is 3.99. The smallest absolute Gasteiger partial charge is 0.342 e. The fourth-order valence-corrected chi connectivity index (χ4v) is 2.27. The summed E-state index contributed by atoms with van der Waals surface area (Å²) in [5.74, 6) is -1.07. The predicted octanol–water partition coefficient (Wildman–Crippen LogP) is 4.18. The Bertz CT molecular complexity index is 643. The molecule has 0 heterocycles. The van der Waals surface area contributed by atoms with E-state index in [0.717, 1.165) is 0 Å². The standard InChI is InChI=1S/C14H10BrClFNO2/c15-13-8(3-1-5-10(13)17)7-20-14(19)12-9(16)4-2-6-11(12)18/h1-6H,7,18H2. The Balaban J connectivity index is 2.15. The van der Waals surface area contributed by atoms with Gasteiger partial charge in [-0.2, -0.15) is 0 Å². The van der Waals surface area contributed by atoms with E-state index in [4.69, 9.17) is 22.1 Å². The Morgan fingerprint density at radius 1 is 1.30 bits per heavy atom. The molecule has 0 bridgehead atoms. The second kappa shape index (κ2) is 6.24. The highest BCUT2D eigenvalue weighted by atomic mass is 79.9. The lowest BCUT2D eigenvalue weighted by molar-refractivity contribution is 0.0473. The van der Waals surface area contributed by atoms with Gasteiger partial charge in [-0.05, 0) is 34.1 Å². The number of hydrogen-bond donors (Lipinski definition) is 1. The van der Waals surface area contributed by atoms with Crippen molar-refractivity contribution in [3.8, 4) is 0 Å². The molecule has 0 aliphatic carbocycles. The first-order chi connectivity index (χ1) is 9.50. The Morgan fingerprint density at radius 3 is 2.70 bits per heavy atom. The lowest BCUT2D eigenvalue weighted by atomic mass is 10.2. The Labute approximate surface area is 128 Å². The van der Waals surface area contributed by atoms with Crippen LogP contribution in [0.4, 0.5) is 10.1 Å². The molecule has 0 unspecified atom stereocenters. The summed E-state index contributed by atoms with van der Waals surface area (Å²) in [7, 11) is 0. The Morgan fingerprint density at radius 2 is 2.00 bits per heavy atom. The van der Waals surface area contributed by atoms with Gasteiger partial charge >= 0.3 is 5.97 Å². The molecule has 0 aromatic heterocycles. The molecule has 0 radical (unpaired) electrons. The van der Waals surface area contributed by atoms with Crippen LogP contribution in [0.1, 0.15) is 15.9 Å². The van der Waals surface area contributed by atoms with Gasteiger partial charge in [0, 0.05) is 11.3 Å². The molecular weight excluding hydrogens is 349 g/mol. The van der Waals surface area contributed by atoms with E-state index in [0.29, 0.717) is 5.56 Å². The summed E-state index contributed by atoms with van der Waals surface area (Å²) in [6.45, 7) is -0.0815. The highest BCUT2D eigenvalue weighted by Gasteiger charge is 2.16. The van der Waals surface area contributed by atoms with Gasteiger partial charge in [0.2, 0.25) is 0 Å². The number of nitrogen functional groups attached to an aromatic ring is 1. The molecule has 0 aliphatic rings. The van der Waals surface area contributed by atoms with Gasteiger partial charge in [0.25, 0.3) is 0 Å². The number of anilines is 1. The number of rotatable bonds is 3. The largest absolute Gasteiger partial charge is 0.457 e. The fourth-order valence-electron chi connectivity index (χ4n) is 1.63. The molecular formula is C14H10BrClFNO2. The van der Waals surface area contributed by atoms with Crippen molar-refractivity contribution in [2.45, 2.75) is 6.61 Å². The Kier molecular flexibility index (Phi) is 4.62. The second-order valence-corrected chi connectivity index (χ2v) is 5.19. The van der Waals surface area contributed by atoms with Crippen molar-refractivity contribution in [3.63, 3.8) is 0 Å². The van der Waals surface area contributed by atoms with E-state index in [1.807, 2.05) is 0 Å². The van der Waals surface area contributed by atoms with Gasteiger partial charge in [0.05, 0.1) is 9.50 Å². The normalized spacial score (nSPS) is 10.3. The van der Waals surface area contributed by atoms with Crippen molar-refractivity contribution >= 4 is 39.2 Å². The average Bonchev–Trinajstić information content (AvgIpc) is 2.40. The van der Waals surface area contributed by atoms with Gasteiger partial charge in [-0.15, -0.1) is 0 Å². The van der Waals surface area contributed by atoms with Crippen molar-refractivity contribution in [2.75, 3.05) is 5.73 Å². The third kappa shape index (κ3) is 3.11. The fraction of sp³-hybridized carbons (Fsp3) is 0.0714. The van der Waals surface area contributed by atoms with Crippen LogP contribution in [0.3, 0.4) is 0 Å². The molecule has 2 N–H and O–H groups in total. The molecule has 0 aliphatic heterocycles.